The lowest BCUT2D eigenvalue weighted by Gasteiger charge is -2.18. The first-order valence-electron chi connectivity index (χ1n) is 6.60. The van der Waals surface area contributed by atoms with Crippen molar-refractivity contribution in [2.75, 3.05) is 0 Å². The maximum absolute atomic E-state index is 2.20. The highest BCUT2D eigenvalue weighted by Gasteiger charge is 2.15. The average Bonchev–Trinajstić information content (AvgIpc) is 2.51. The molecule has 0 aromatic heterocycles. The van der Waals surface area contributed by atoms with E-state index in [1.54, 1.807) is 0 Å². The SMILES string of the molecule is O.c1ccc(C(c2ccccc2)c2ccccc2)cc1. The Bertz CT molecular complexity index is 524. The Hall–Kier alpha value is -2.38. The predicted molar refractivity (Wildman–Crippen MR) is 83.9 cm³/mol. The minimum Gasteiger partial charge on any atom is -0.412 e. The molecule has 0 aliphatic carbocycles. The van der Waals surface area contributed by atoms with E-state index in [9.17, 15) is 0 Å². The summed E-state index contributed by atoms with van der Waals surface area (Å²) in [7, 11) is 0. The van der Waals surface area contributed by atoms with Gasteiger partial charge in [0.2, 0.25) is 0 Å². The monoisotopic (exact) mass is 262 g/mol. The van der Waals surface area contributed by atoms with Crippen LogP contribution >= 0.6 is 0 Å². The van der Waals surface area contributed by atoms with Crippen molar-refractivity contribution in [3.63, 3.8) is 0 Å². The van der Waals surface area contributed by atoms with Crippen molar-refractivity contribution in [2.45, 2.75) is 5.92 Å². The van der Waals surface area contributed by atoms with Gasteiger partial charge in [0.05, 0.1) is 0 Å². The van der Waals surface area contributed by atoms with Crippen LogP contribution in [-0.2, 0) is 0 Å². The molecule has 0 aliphatic rings. The van der Waals surface area contributed by atoms with Gasteiger partial charge in [-0.2, -0.15) is 0 Å². The van der Waals surface area contributed by atoms with Crippen LogP contribution in [0.4, 0.5) is 0 Å². The number of hydrogen-bond donors (Lipinski definition) is 0. The van der Waals surface area contributed by atoms with Crippen molar-refractivity contribution >= 4 is 0 Å². The lowest BCUT2D eigenvalue weighted by Crippen LogP contribution is -2.02. The fourth-order valence-corrected chi connectivity index (χ4v) is 2.51. The lowest BCUT2D eigenvalue weighted by atomic mass is 9.85. The summed E-state index contributed by atoms with van der Waals surface area (Å²) >= 11 is 0. The molecule has 1 nitrogen and oxygen atoms in total. The molecule has 0 atom stereocenters. The Balaban J connectivity index is 0.00000147. The molecule has 0 radical (unpaired) electrons. The number of benzene rings is 3. The number of hydrogen-bond acceptors (Lipinski definition) is 0. The standard InChI is InChI=1S/C19H16.H2O/c1-4-10-16(11-5-1)19(17-12-6-2-7-13-17)18-14-8-3-9-15-18;/h1-15,19H;1H2. The Kier molecular flexibility index (Phi) is 4.70. The maximum atomic E-state index is 2.20. The van der Waals surface area contributed by atoms with Crippen molar-refractivity contribution in [1.29, 1.82) is 0 Å². The molecule has 0 amide bonds. The van der Waals surface area contributed by atoms with Crippen LogP contribution in [0.15, 0.2) is 91.0 Å². The molecular formula is C19H18O. The molecule has 0 saturated heterocycles. The van der Waals surface area contributed by atoms with Crippen molar-refractivity contribution in [3.8, 4) is 0 Å². The highest BCUT2D eigenvalue weighted by atomic mass is 16.0. The van der Waals surface area contributed by atoms with Crippen LogP contribution < -0.4 is 0 Å². The molecule has 0 aliphatic heterocycles. The quantitative estimate of drug-likeness (QED) is 0.638. The van der Waals surface area contributed by atoms with Crippen molar-refractivity contribution < 1.29 is 5.48 Å². The summed E-state index contributed by atoms with van der Waals surface area (Å²) < 4.78 is 0. The second kappa shape index (κ2) is 6.69. The highest BCUT2D eigenvalue weighted by molar-refractivity contribution is 5.42. The molecule has 0 unspecified atom stereocenters. The summed E-state index contributed by atoms with van der Waals surface area (Å²) in [6, 6.07) is 32.0. The molecule has 0 saturated carbocycles. The van der Waals surface area contributed by atoms with Crippen molar-refractivity contribution in [2.24, 2.45) is 0 Å². The first-order chi connectivity index (χ1) is 9.45. The largest absolute Gasteiger partial charge is 0.412 e. The molecule has 3 aromatic carbocycles. The summed E-state index contributed by atoms with van der Waals surface area (Å²) in [5.41, 5.74) is 4.00. The average molecular weight is 262 g/mol. The van der Waals surface area contributed by atoms with E-state index in [1.165, 1.54) is 16.7 Å². The molecule has 1 heteroatoms. The van der Waals surface area contributed by atoms with E-state index in [0.717, 1.165) is 0 Å². The molecule has 0 heterocycles. The van der Waals surface area contributed by atoms with Gasteiger partial charge in [-0.3, -0.25) is 0 Å². The van der Waals surface area contributed by atoms with Crippen LogP contribution in [0, 0.1) is 0 Å². The van der Waals surface area contributed by atoms with Gasteiger partial charge in [-0.05, 0) is 16.7 Å². The third kappa shape index (κ3) is 2.95. The molecule has 20 heavy (non-hydrogen) atoms. The Labute approximate surface area is 119 Å². The van der Waals surface area contributed by atoms with E-state index in [0.29, 0.717) is 5.92 Å². The smallest absolute Gasteiger partial charge is 0.0339 e. The molecule has 0 spiro atoms. The third-order valence-corrected chi connectivity index (χ3v) is 3.40. The molecule has 2 N–H and O–H groups in total. The normalized spacial score (nSPS) is 10.1. The summed E-state index contributed by atoms with van der Waals surface area (Å²) in [4.78, 5) is 0. The zero-order chi connectivity index (χ0) is 12.9. The van der Waals surface area contributed by atoms with Gasteiger partial charge in [0.1, 0.15) is 0 Å². The lowest BCUT2D eigenvalue weighted by molar-refractivity contribution is 0.824. The molecule has 0 fully saturated rings. The molecular weight excluding hydrogens is 244 g/mol. The fraction of sp³-hybridized carbons (Fsp3) is 0.0526. The van der Waals surface area contributed by atoms with Gasteiger partial charge in [-0.25, -0.2) is 0 Å². The van der Waals surface area contributed by atoms with Gasteiger partial charge < -0.3 is 5.48 Å². The second-order valence-corrected chi connectivity index (χ2v) is 4.67. The minimum absolute atomic E-state index is 0. The van der Waals surface area contributed by atoms with Gasteiger partial charge in [0, 0.05) is 5.92 Å². The third-order valence-electron chi connectivity index (χ3n) is 3.40. The van der Waals surface area contributed by atoms with Crippen molar-refractivity contribution in [3.05, 3.63) is 108 Å². The van der Waals surface area contributed by atoms with Crippen LogP contribution in [0.3, 0.4) is 0 Å². The zero-order valence-electron chi connectivity index (χ0n) is 11.2. The van der Waals surface area contributed by atoms with Crippen LogP contribution in [0.5, 0.6) is 0 Å². The Morgan fingerprint density at radius 3 is 0.900 bits per heavy atom. The molecule has 0 bridgehead atoms. The summed E-state index contributed by atoms with van der Waals surface area (Å²) in [5, 5.41) is 0. The summed E-state index contributed by atoms with van der Waals surface area (Å²) in [5.74, 6) is 0.309. The highest BCUT2D eigenvalue weighted by Crippen LogP contribution is 2.31. The number of rotatable bonds is 3. The van der Waals surface area contributed by atoms with Crippen LogP contribution in [0.1, 0.15) is 22.6 Å². The predicted octanol–water partition coefficient (Wildman–Crippen LogP) is 4.04. The van der Waals surface area contributed by atoms with E-state index >= 15 is 0 Å². The Morgan fingerprint density at radius 1 is 0.400 bits per heavy atom. The van der Waals surface area contributed by atoms with E-state index < -0.39 is 0 Å². The van der Waals surface area contributed by atoms with Crippen LogP contribution in [0.2, 0.25) is 0 Å². The van der Waals surface area contributed by atoms with Gasteiger partial charge in [0.15, 0.2) is 0 Å². The van der Waals surface area contributed by atoms with E-state index in [-0.39, 0.29) is 5.48 Å². The summed E-state index contributed by atoms with van der Waals surface area (Å²) in [6.07, 6.45) is 0. The van der Waals surface area contributed by atoms with E-state index in [1.807, 2.05) is 0 Å². The minimum atomic E-state index is 0. The fourth-order valence-electron chi connectivity index (χ4n) is 2.51. The van der Waals surface area contributed by atoms with E-state index in [4.69, 9.17) is 0 Å². The first kappa shape index (κ1) is 14.0. The van der Waals surface area contributed by atoms with Crippen molar-refractivity contribution in [1.82, 2.24) is 0 Å². The molecule has 3 aromatic rings. The summed E-state index contributed by atoms with van der Waals surface area (Å²) in [6.45, 7) is 0. The van der Waals surface area contributed by atoms with Crippen LogP contribution in [0.25, 0.3) is 0 Å². The van der Waals surface area contributed by atoms with Gasteiger partial charge in [-0.15, -0.1) is 0 Å². The maximum Gasteiger partial charge on any atom is 0.0339 e. The molecule has 100 valence electrons. The van der Waals surface area contributed by atoms with Gasteiger partial charge in [0.25, 0.3) is 0 Å². The van der Waals surface area contributed by atoms with Crippen LogP contribution in [-0.4, -0.2) is 5.48 Å². The first-order valence-corrected chi connectivity index (χ1v) is 6.60. The topological polar surface area (TPSA) is 31.5 Å². The van der Waals surface area contributed by atoms with Gasteiger partial charge in [-0.1, -0.05) is 91.0 Å². The molecule has 3 rings (SSSR count). The van der Waals surface area contributed by atoms with E-state index in [2.05, 4.69) is 91.0 Å². The Morgan fingerprint density at radius 2 is 0.650 bits per heavy atom. The second-order valence-electron chi connectivity index (χ2n) is 4.67. The van der Waals surface area contributed by atoms with Gasteiger partial charge >= 0.3 is 0 Å². The zero-order valence-corrected chi connectivity index (χ0v) is 11.2.